The lowest BCUT2D eigenvalue weighted by atomic mass is 9.96. The number of fused-ring (bicyclic) bond motifs is 1. The Labute approximate surface area is 145 Å². The number of aromatic amines is 1. The van der Waals surface area contributed by atoms with Gasteiger partial charge in [0.1, 0.15) is 5.54 Å². The molecule has 0 radical (unpaired) electrons. The van der Waals surface area contributed by atoms with Crippen LogP contribution in [0.15, 0.2) is 24.4 Å². The first-order valence-electron chi connectivity index (χ1n) is 8.72. The molecular weight excluding hydrogens is 318 g/mol. The van der Waals surface area contributed by atoms with E-state index in [-0.39, 0.29) is 24.2 Å². The van der Waals surface area contributed by atoms with Crippen molar-refractivity contribution in [1.82, 2.24) is 15.2 Å². The summed E-state index contributed by atoms with van der Waals surface area (Å²) in [7, 11) is 0. The molecule has 1 aromatic heterocycles. The Balaban J connectivity index is 1.60. The largest absolute Gasteiger partial charge is 0.360 e. The topological polar surface area (TPSA) is 82.3 Å². The number of carbonyl (C=O) groups is 3. The van der Waals surface area contributed by atoms with E-state index in [4.69, 9.17) is 0 Å². The summed E-state index contributed by atoms with van der Waals surface area (Å²) in [5, 5.41) is 3.61. The standard InChI is InChI=1S/C19H21N3O3/c1-3-11-5-4-6-13-14(9-20-16(11)13)15(23)10-22-17(24)19(2,12-7-8-12)21-18(22)25/h4-6,9,12,20H,3,7-8,10H2,1-2H3,(H,21,25)/t19-/m1/s1. The average molecular weight is 339 g/mol. The van der Waals surface area contributed by atoms with Crippen LogP contribution in [-0.2, 0) is 11.2 Å². The first kappa shape index (κ1) is 15.9. The number of amides is 3. The fraction of sp³-hybridized carbons (Fsp3) is 0.421. The molecule has 2 aromatic rings. The van der Waals surface area contributed by atoms with E-state index in [1.807, 2.05) is 18.2 Å². The van der Waals surface area contributed by atoms with Crippen LogP contribution >= 0.6 is 0 Å². The Morgan fingerprint density at radius 1 is 1.32 bits per heavy atom. The molecule has 0 bridgehead atoms. The Kier molecular flexibility index (Phi) is 3.45. The number of aryl methyl sites for hydroxylation is 1. The number of nitrogens with one attached hydrogen (secondary N) is 2. The second-order valence-corrected chi connectivity index (χ2v) is 7.12. The number of imide groups is 1. The summed E-state index contributed by atoms with van der Waals surface area (Å²) < 4.78 is 0. The molecule has 1 aromatic carbocycles. The van der Waals surface area contributed by atoms with Crippen LogP contribution < -0.4 is 5.32 Å². The van der Waals surface area contributed by atoms with Gasteiger partial charge in [-0.2, -0.15) is 0 Å². The molecule has 2 N–H and O–H groups in total. The van der Waals surface area contributed by atoms with Crippen LogP contribution in [-0.4, -0.2) is 39.7 Å². The number of hydrogen-bond donors (Lipinski definition) is 2. The molecule has 25 heavy (non-hydrogen) atoms. The lowest BCUT2D eigenvalue weighted by Gasteiger charge is -2.20. The first-order chi connectivity index (χ1) is 12.0. The molecule has 4 rings (SSSR count). The molecule has 1 saturated carbocycles. The van der Waals surface area contributed by atoms with Gasteiger partial charge < -0.3 is 10.3 Å². The number of carbonyl (C=O) groups excluding carboxylic acids is 3. The third-order valence-electron chi connectivity index (χ3n) is 5.48. The number of urea groups is 1. The van der Waals surface area contributed by atoms with E-state index in [0.29, 0.717) is 5.56 Å². The smallest absolute Gasteiger partial charge is 0.325 e. The summed E-state index contributed by atoms with van der Waals surface area (Å²) in [5.41, 5.74) is 1.74. The maximum Gasteiger partial charge on any atom is 0.325 e. The number of ketones is 1. The molecule has 3 amide bonds. The summed E-state index contributed by atoms with van der Waals surface area (Å²) >= 11 is 0. The van der Waals surface area contributed by atoms with Crippen LogP contribution in [0.1, 0.15) is 42.6 Å². The molecule has 0 unspecified atom stereocenters. The zero-order valence-electron chi connectivity index (χ0n) is 14.4. The van der Waals surface area contributed by atoms with E-state index >= 15 is 0 Å². The van der Waals surface area contributed by atoms with Crippen molar-refractivity contribution < 1.29 is 14.4 Å². The van der Waals surface area contributed by atoms with Crippen molar-refractivity contribution >= 4 is 28.6 Å². The lowest BCUT2D eigenvalue weighted by molar-refractivity contribution is -0.131. The number of rotatable bonds is 5. The number of H-pyrrole nitrogens is 1. The second kappa shape index (κ2) is 5.44. The Morgan fingerprint density at radius 3 is 2.76 bits per heavy atom. The van der Waals surface area contributed by atoms with E-state index in [1.165, 1.54) is 0 Å². The number of para-hydroxylation sites is 1. The van der Waals surface area contributed by atoms with Crippen molar-refractivity contribution in [2.45, 2.75) is 38.6 Å². The fourth-order valence-electron chi connectivity index (χ4n) is 3.77. The normalized spacial score (nSPS) is 23.4. The summed E-state index contributed by atoms with van der Waals surface area (Å²) in [6.07, 6.45) is 4.40. The van der Waals surface area contributed by atoms with Gasteiger partial charge in [-0.25, -0.2) is 4.79 Å². The van der Waals surface area contributed by atoms with Crippen LogP contribution in [0.5, 0.6) is 0 Å². The SMILES string of the molecule is CCc1cccc2c(C(=O)CN3C(=O)N[C@](C)(C4CC4)C3=O)c[nH]c12. The van der Waals surface area contributed by atoms with Crippen LogP contribution in [0, 0.1) is 5.92 Å². The number of Topliss-reactive ketones (excluding diaryl/α,β-unsaturated/α-hetero) is 1. The highest BCUT2D eigenvalue weighted by molar-refractivity contribution is 6.14. The summed E-state index contributed by atoms with van der Waals surface area (Å²) in [5.74, 6) is -0.338. The van der Waals surface area contributed by atoms with Gasteiger partial charge in [-0.05, 0) is 37.7 Å². The zero-order chi connectivity index (χ0) is 17.8. The van der Waals surface area contributed by atoms with Gasteiger partial charge in [0, 0.05) is 22.7 Å². The predicted octanol–water partition coefficient (Wildman–Crippen LogP) is 2.63. The molecule has 6 nitrogen and oxygen atoms in total. The van der Waals surface area contributed by atoms with Crippen LogP contribution in [0.4, 0.5) is 4.79 Å². The minimum absolute atomic E-state index is 0.184. The van der Waals surface area contributed by atoms with Crippen molar-refractivity contribution in [3.63, 3.8) is 0 Å². The highest BCUT2D eigenvalue weighted by Crippen LogP contribution is 2.42. The van der Waals surface area contributed by atoms with Crippen molar-refractivity contribution in [3.05, 3.63) is 35.5 Å². The van der Waals surface area contributed by atoms with Gasteiger partial charge in [0.25, 0.3) is 5.91 Å². The molecule has 1 aliphatic heterocycles. The van der Waals surface area contributed by atoms with Crippen molar-refractivity contribution in [2.24, 2.45) is 5.92 Å². The van der Waals surface area contributed by atoms with Gasteiger partial charge >= 0.3 is 6.03 Å². The molecule has 2 aliphatic rings. The fourth-order valence-corrected chi connectivity index (χ4v) is 3.77. The quantitative estimate of drug-likeness (QED) is 0.649. The van der Waals surface area contributed by atoms with Crippen molar-refractivity contribution in [2.75, 3.05) is 6.54 Å². The van der Waals surface area contributed by atoms with Crippen molar-refractivity contribution in [3.8, 4) is 0 Å². The first-order valence-corrected chi connectivity index (χ1v) is 8.72. The molecule has 1 atom stereocenters. The third kappa shape index (κ3) is 2.35. The lowest BCUT2D eigenvalue weighted by Crippen LogP contribution is -2.46. The molecule has 1 aliphatic carbocycles. The average Bonchev–Trinajstić information content (AvgIpc) is 3.33. The second-order valence-electron chi connectivity index (χ2n) is 7.12. The van der Waals surface area contributed by atoms with Gasteiger partial charge in [0.2, 0.25) is 0 Å². The Hall–Kier alpha value is -2.63. The van der Waals surface area contributed by atoms with Crippen LogP contribution in [0.2, 0.25) is 0 Å². The van der Waals surface area contributed by atoms with E-state index in [9.17, 15) is 14.4 Å². The highest BCUT2D eigenvalue weighted by Gasteiger charge is 2.56. The molecule has 0 spiro atoms. The van der Waals surface area contributed by atoms with E-state index < -0.39 is 11.6 Å². The van der Waals surface area contributed by atoms with E-state index in [0.717, 1.165) is 40.6 Å². The molecule has 1 saturated heterocycles. The van der Waals surface area contributed by atoms with Gasteiger partial charge in [-0.3, -0.25) is 14.5 Å². The molecular formula is C19H21N3O3. The summed E-state index contributed by atoms with van der Waals surface area (Å²) in [4.78, 5) is 41.9. The minimum atomic E-state index is -0.854. The Morgan fingerprint density at radius 2 is 2.08 bits per heavy atom. The summed E-state index contributed by atoms with van der Waals surface area (Å²) in [6.45, 7) is 3.59. The Bertz CT molecular complexity index is 896. The minimum Gasteiger partial charge on any atom is -0.360 e. The molecule has 2 heterocycles. The van der Waals surface area contributed by atoms with E-state index in [1.54, 1.807) is 13.1 Å². The van der Waals surface area contributed by atoms with Crippen LogP contribution in [0.3, 0.4) is 0 Å². The number of hydrogen-bond acceptors (Lipinski definition) is 3. The van der Waals surface area contributed by atoms with Gasteiger partial charge in [-0.15, -0.1) is 0 Å². The molecule has 6 heteroatoms. The number of benzene rings is 1. The van der Waals surface area contributed by atoms with Gasteiger partial charge in [0.05, 0.1) is 6.54 Å². The maximum absolute atomic E-state index is 12.8. The van der Waals surface area contributed by atoms with Gasteiger partial charge in [0.15, 0.2) is 5.78 Å². The third-order valence-corrected chi connectivity index (χ3v) is 5.48. The highest BCUT2D eigenvalue weighted by atomic mass is 16.2. The zero-order valence-corrected chi connectivity index (χ0v) is 14.4. The predicted molar refractivity (Wildman–Crippen MR) is 93.4 cm³/mol. The maximum atomic E-state index is 12.8. The number of aromatic nitrogens is 1. The monoisotopic (exact) mass is 339 g/mol. The van der Waals surface area contributed by atoms with Gasteiger partial charge in [-0.1, -0.05) is 25.1 Å². The molecule has 2 fully saturated rings. The van der Waals surface area contributed by atoms with E-state index in [2.05, 4.69) is 17.2 Å². The summed E-state index contributed by atoms with van der Waals surface area (Å²) in [6, 6.07) is 5.36. The van der Waals surface area contributed by atoms with Crippen molar-refractivity contribution in [1.29, 1.82) is 0 Å². The number of nitrogens with zero attached hydrogens (tertiary/aromatic N) is 1. The molecule has 130 valence electrons. The van der Waals surface area contributed by atoms with Crippen LogP contribution in [0.25, 0.3) is 10.9 Å².